The van der Waals surface area contributed by atoms with Gasteiger partial charge in [0, 0.05) is 17.1 Å². The summed E-state index contributed by atoms with van der Waals surface area (Å²) >= 11 is 3.44. The lowest BCUT2D eigenvalue weighted by molar-refractivity contribution is 0.216. The van der Waals surface area contributed by atoms with Gasteiger partial charge in [-0.2, -0.15) is 0 Å². The number of nitrogens with zero attached hydrogens (tertiary/aromatic N) is 1. The van der Waals surface area contributed by atoms with Crippen LogP contribution in [0.2, 0.25) is 0 Å². The van der Waals surface area contributed by atoms with E-state index in [1.54, 1.807) is 0 Å². The Morgan fingerprint density at radius 2 is 2.22 bits per heavy atom. The van der Waals surface area contributed by atoms with Crippen LogP contribution in [-0.4, -0.2) is 31.1 Å². The van der Waals surface area contributed by atoms with Gasteiger partial charge in [-0.3, -0.25) is 4.90 Å². The molecule has 1 unspecified atom stereocenters. The molecule has 1 aliphatic heterocycles. The maximum atomic E-state index is 13.0. The number of benzene rings is 1. The van der Waals surface area contributed by atoms with E-state index in [0.717, 1.165) is 29.7 Å². The molecular formula is C14H20BrFN2. The molecule has 1 aromatic rings. The van der Waals surface area contributed by atoms with E-state index >= 15 is 0 Å². The molecule has 1 fully saturated rings. The first kappa shape index (κ1) is 14.0. The summed E-state index contributed by atoms with van der Waals surface area (Å²) in [5.74, 6) is -0.188. The van der Waals surface area contributed by atoms with Gasteiger partial charge in [0.1, 0.15) is 5.82 Å². The summed E-state index contributed by atoms with van der Waals surface area (Å²) in [5, 5.41) is 3.43. The number of rotatable bonds is 3. The van der Waals surface area contributed by atoms with Gasteiger partial charge in [0.2, 0.25) is 0 Å². The Balaban J connectivity index is 1.98. The molecule has 0 spiro atoms. The second-order valence-corrected chi connectivity index (χ2v) is 5.84. The number of hydrogen-bond acceptors (Lipinski definition) is 2. The first-order chi connectivity index (χ1) is 8.66. The average molecular weight is 315 g/mol. The van der Waals surface area contributed by atoms with Crippen LogP contribution in [-0.2, 0) is 6.54 Å². The monoisotopic (exact) mass is 314 g/mol. The Bertz CT molecular complexity index is 389. The minimum Gasteiger partial charge on any atom is -0.317 e. The van der Waals surface area contributed by atoms with E-state index < -0.39 is 0 Å². The van der Waals surface area contributed by atoms with Gasteiger partial charge >= 0.3 is 0 Å². The highest BCUT2D eigenvalue weighted by atomic mass is 79.9. The largest absolute Gasteiger partial charge is 0.317 e. The lowest BCUT2D eigenvalue weighted by atomic mass is 10.1. The van der Waals surface area contributed by atoms with Crippen LogP contribution in [0.1, 0.15) is 24.8 Å². The second kappa shape index (κ2) is 6.64. The molecular weight excluding hydrogens is 295 g/mol. The zero-order valence-electron chi connectivity index (χ0n) is 10.8. The van der Waals surface area contributed by atoms with E-state index in [1.807, 2.05) is 6.07 Å². The molecule has 1 N–H and O–H groups in total. The lowest BCUT2D eigenvalue weighted by Crippen LogP contribution is -2.32. The predicted molar refractivity (Wildman–Crippen MR) is 76.1 cm³/mol. The van der Waals surface area contributed by atoms with Crippen molar-refractivity contribution in [1.82, 2.24) is 10.2 Å². The fourth-order valence-corrected chi connectivity index (χ4v) is 2.97. The van der Waals surface area contributed by atoms with Crippen molar-refractivity contribution in [3.63, 3.8) is 0 Å². The van der Waals surface area contributed by atoms with Crippen LogP contribution in [0.4, 0.5) is 4.39 Å². The van der Waals surface area contributed by atoms with E-state index in [0.29, 0.717) is 6.04 Å². The van der Waals surface area contributed by atoms with Crippen LogP contribution in [0.5, 0.6) is 0 Å². The summed E-state index contributed by atoms with van der Waals surface area (Å²) in [7, 11) is 2.16. The molecule has 0 aliphatic carbocycles. The van der Waals surface area contributed by atoms with Crippen molar-refractivity contribution in [2.45, 2.75) is 31.8 Å². The smallest absolute Gasteiger partial charge is 0.124 e. The minimum absolute atomic E-state index is 0.188. The van der Waals surface area contributed by atoms with Gasteiger partial charge in [0.05, 0.1) is 0 Å². The third kappa shape index (κ3) is 3.77. The average Bonchev–Trinajstić information content (AvgIpc) is 2.61. The van der Waals surface area contributed by atoms with Gasteiger partial charge in [-0.05, 0) is 57.1 Å². The number of halogens is 2. The van der Waals surface area contributed by atoms with E-state index in [1.165, 1.54) is 31.4 Å². The molecule has 1 aromatic carbocycles. The Morgan fingerprint density at radius 3 is 3.00 bits per heavy atom. The van der Waals surface area contributed by atoms with Crippen molar-refractivity contribution in [1.29, 1.82) is 0 Å². The van der Waals surface area contributed by atoms with Crippen molar-refractivity contribution < 1.29 is 4.39 Å². The van der Waals surface area contributed by atoms with Gasteiger partial charge in [-0.25, -0.2) is 4.39 Å². The SMILES string of the molecule is CN(Cc1ccc(F)cc1Br)C1CCCNCC1. The molecule has 2 nitrogen and oxygen atoms in total. The molecule has 18 heavy (non-hydrogen) atoms. The van der Waals surface area contributed by atoms with E-state index in [4.69, 9.17) is 0 Å². The minimum atomic E-state index is -0.188. The van der Waals surface area contributed by atoms with Gasteiger partial charge in [0.25, 0.3) is 0 Å². The second-order valence-electron chi connectivity index (χ2n) is 4.99. The molecule has 0 radical (unpaired) electrons. The lowest BCUT2D eigenvalue weighted by Gasteiger charge is -2.27. The summed E-state index contributed by atoms with van der Waals surface area (Å²) in [6.07, 6.45) is 3.66. The highest BCUT2D eigenvalue weighted by molar-refractivity contribution is 9.10. The molecule has 1 heterocycles. The summed E-state index contributed by atoms with van der Waals surface area (Å²) in [6.45, 7) is 3.09. The van der Waals surface area contributed by atoms with Gasteiger partial charge in [0.15, 0.2) is 0 Å². The van der Waals surface area contributed by atoms with Crippen LogP contribution in [0.25, 0.3) is 0 Å². The van der Waals surface area contributed by atoms with Crippen LogP contribution in [0.3, 0.4) is 0 Å². The van der Waals surface area contributed by atoms with Crippen LogP contribution in [0.15, 0.2) is 22.7 Å². The Hall–Kier alpha value is -0.450. The zero-order chi connectivity index (χ0) is 13.0. The van der Waals surface area contributed by atoms with Gasteiger partial charge < -0.3 is 5.32 Å². The maximum Gasteiger partial charge on any atom is 0.124 e. The van der Waals surface area contributed by atoms with Crippen molar-refractivity contribution in [3.8, 4) is 0 Å². The van der Waals surface area contributed by atoms with E-state index in [9.17, 15) is 4.39 Å². The maximum absolute atomic E-state index is 13.0. The van der Waals surface area contributed by atoms with Crippen molar-refractivity contribution in [3.05, 3.63) is 34.1 Å². The molecule has 100 valence electrons. The fraction of sp³-hybridized carbons (Fsp3) is 0.571. The standard InChI is InChI=1S/C14H20BrFN2/c1-18(13-3-2-7-17-8-6-13)10-11-4-5-12(16)9-14(11)15/h4-5,9,13,17H,2-3,6-8,10H2,1H3. The van der Waals surface area contributed by atoms with Crippen molar-refractivity contribution in [2.75, 3.05) is 20.1 Å². The quantitative estimate of drug-likeness (QED) is 0.922. The third-order valence-electron chi connectivity index (χ3n) is 3.60. The highest BCUT2D eigenvalue weighted by Crippen LogP contribution is 2.21. The summed E-state index contributed by atoms with van der Waals surface area (Å²) < 4.78 is 13.9. The van der Waals surface area contributed by atoms with Crippen LogP contribution < -0.4 is 5.32 Å². The summed E-state index contributed by atoms with van der Waals surface area (Å²) in [4.78, 5) is 2.38. The van der Waals surface area contributed by atoms with Gasteiger partial charge in [-0.15, -0.1) is 0 Å². The van der Waals surface area contributed by atoms with E-state index in [2.05, 4.69) is 33.2 Å². The molecule has 0 aromatic heterocycles. The topological polar surface area (TPSA) is 15.3 Å². The zero-order valence-corrected chi connectivity index (χ0v) is 12.3. The van der Waals surface area contributed by atoms with E-state index in [-0.39, 0.29) is 5.82 Å². The Labute approximate surface area is 117 Å². The Kier molecular flexibility index (Phi) is 5.15. The first-order valence-corrected chi connectivity index (χ1v) is 7.31. The molecule has 1 aliphatic rings. The predicted octanol–water partition coefficient (Wildman–Crippen LogP) is 3.16. The summed E-state index contributed by atoms with van der Waals surface area (Å²) in [6, 6.07) is 5.56. The van der Waals surface area contributed by atoms with Crippen molar-refractivity contribution >= 4 is 15.9 Å². The molecule has 0 amide bonds. The summed E-state index contributed by atoms with van der Waals surface area (Å²) in [5.41, 5.74) is 1.15. The van der Waals surface area contributed by atoms with Crippen molar-refractivity contribution in [2.24, 2.45) is 0 Å². The number of hydrogen-bond donors (Lipinski definition) is 1. The third-order valence-corrected chi connectivity index (χ3v) is 4.34. The number of nitrogens with one attached hydrogen (secondary N) is 1. The van der Waals surface area contributed by atoms with Crippen LogP contribution >= 0.6 is 15.9 Å². The normalized spacial score (nSPS) is 21.0. The molecule has 0 bridgehead atoms. The fourth-order valence-electron chi connectivity index (χ4n) is 2.49. The highest BCUT2D eigenvalue weighted by Gasteiger charge is 2.17. The van der Waals surface area contributed by atoms with Crippen LogP contribution in [0, 0.1) is 5.82 Å². The molecule has 1 saturated heterocycles. The molecule has 1 atom stereocenters. The Morgan fingerprint density at radius 1 is 1.39 bits per heavy atom. The van der Waals surface area contributed by atoms with Gasteiger partial charge in [-0.1, -0.05) is 22.0 Å². The molecule has 4 heteroatoms. The molecule has 0 saturated carbocycles. The first-order valence-electron chi connectivity index (χ1n) is 6.51. The molecule has 2 rings (SSSR count).